The first-order chi connectivity index (χ1) is 13.5. The first-order valence-electron chi connectivity index (χ1n) is 9.86. The van der Waals surface area contributed by atoms with Gasteiger partial charge in [0.2, 0.25) is 5.91 Å². The zero-order valence-electron chi connectivity index (χ0n) is 16.3. The number of hydrogen-bond donors (Lipinski definition) is 1. The number of aromatic nitrogens is 1. The number of aryl methyl sites for hydroxylation is 1. The van der Waals surface area contributed by atoms with Gasteiger partial charge in [0.15, 0.2) is 0 Å². The third kappa shape index (κ3) is 3.35. The van der Waals surface area contributed by atoms with Crippen LogP contribution in [0.3, 0.4) is 0 Å². The molecule has 0 bridgehead atoms. The van der Waals surface area contributed by atoms with Gasteiger partial charge in [0.25, 0.3) is 11.8 Å². The molecule has 1 aromatic heterocycles. The molecule has 0 unspecified atom stereocenters. The van der Waals surface area contributed by atoms with Crippen LogP contribution in [0.4, 0.5) is 0 Å². The van der Waals surface area contributed by atoms with Gasteiger partial charge >= 0.3 is 0 Å². The quantitative estimate of drug-likeness (QED) is 0.752. The number of imide groups is 1. The van der Waals surface area contributed by atoms with Gasteiger partial charge in [-0.1, -0.05) is 12.1 Å². The molecule has 0 atom stereocenters. The molecule has 6 nitrogen and oxygen atoms in total. The summed E-state index contributed by atoms with van der Waals surface area (Å²) in [5.74, 6) is -0.602. The fraction of sp³-hybridized carbons (Fsp3) is 0.409. The van der Waals surface area contributed by atoms with Crippen molar-refractivity contribution in [1.29, 1.82) is 0 Å². The molecule has 1 aliphatic heterocycles. The van der Waals surface area contributed by atoms with Crippen molar-refractivity contribution in [1.82, 2.24) is 14.8 Å². The van der Waals surface area contributed by atoms with Gasteiger partial charge in [-0.15, -0.1) is 0 Å². The molecule has 1 saturated carbocycles. The predicted octanol–water partition coefficient (Wildman–Crippen LogP) is 3.13. The van der Waals surface area contributed by atoms with Crippen molar-refractivity contribution in [3.8, 4) is 0 Å². The van der Waals surface area contributed by atoms with Crippen LogP contribution in [0.25, 0.3) is 0 Å². The molecule has 1 aromatic carbocycles. The molecule has 146 valence electrons. The second-order valence-corrected chi connectivity index (χ2v) is 7.69. The average molecular weight is 379 g/mol. The molecule has 1 N–H and O–H groups in total. The summed E-state index contributed by atoms with van der Waals surface area (Å²) in [6.45, 7) is 4.99. The van der Waals surface area contributed by atoms with Gasteiger partial charge in [0.05, 0.1) is 11.1 Å². The fourth-order valence-corrected chi connectivity index (χ4v) is 4.04. The van der Waals surface area contributed by atoms with Crippen LogP contribution in [0.1, 0.15) is 69.4 Å². The number of carbonyl (C=O) groups excluding carboxylic acids is 3. The van der Waals surface area contributed by atoms with Crippen LogP contribution in [0, 0.1) is 13.8 Å². The average Bonchev–Trinajstić information content (AvgIpc) is 3.43. The van der Waals surface area contributed by atoms with E-state index in [0.717, 1.165) is 5.56 Å². The van der Waals surface area contributed by atoms with Gasteiger partial charge in [-0.3, -0.25) is 19.3 Å². The third-order valence-corrected chi connectivity index (χ3v) is 5.64. The van der Waals surface area contributed by atoms with E-state index in [4.69, 9.17) is 0 Å². The van der Waals surface area contributed by atoms with Crippen LogP contribution in [0.2, 0.25) is 0 Å². The Morgan fingerprint density at radius 3 is 2.36 bits per heavy atom. The Kier molecular flexibility index (Phi) is 4.79. The summed E-state index contributed by atoms with van der Waals surface area (Å²) < 4.78 is 2.36. The summed E-state index contributed by atoms with van der Waals surface area (Å²) in [5.41, 5.74) is 4.52. The molecule has 0 radical (unpaired) electrons. The van der Waals surface area contributed by atoms with Crippen LogP contribution < -0.4 is 5.32 Å². The van der Waals surface area contributed by atoms with E-state index in [1.165, 1.54) is 29.1 Å². The Hall–Kier alpha value is -2.89. The molecule has 4 rings (SSSR count). The molecule has 1 fully saturated rings. The largest absolute Gasteiger partial charge is 0.352 e. The number of hydrogen-bond acceptors (Lipinski definition) is 3. The van der Waals surface area contributed by atoms with Crippen LogP contribution in [-0.4, -0.2) is 33.7 Å². The summed E-state index contributed by atoms with van der Waals surface area (Å²) in [4.78, 5) is 38.1. The molecule has 2 aliphatic rings. The Morgan fingerprint density at radius 1 is 1.11 bits per heavy atom. The second kappa shape index (κ2) is 7.26. The Bertz CT molecular complexity index is 921. The fourth-order valence-electron chi connectivity index (χ4n) is 4.04. The summed E-state index contributed by atoms with van der Waals surface area (Å²) in [5, 5.41) is 2.96. The first-order valence-corrected chi connectivity index (χ1v) is 9.86. The molecule has 28 heavy (non-hydrogen) atoms. The molecule has 6 heteroatoms. The highest BCUT2D eigenvalue weighted by molar-refractivity contribution is 6.21. The Labute approximate surface area is 164 Å². The lowest BCUT2D eigenvalue weighted by atomic mass is 10.1. The zero-order chi connectivity index (χ0) is 19.8. The number of amides is 3. The molecule has 1 aliphatic carbocycles. The maximum absolute atomic E-state index is 12.3. The lowest BCUT2D eigenvalue weighted by molar-refractivity contribution is -0.121. The van der Waals surface area contributed by atoms with Gasteiger partial charge in [-0.25, -0.2) is 0 Å². The van der Waals surface area contributed by atoms with Gasteiger partial charge in [-0.05, 0) is 56.9 Å². The number of benzene rings is 1. The Morgan fingerprint density at radius 2 is 1.75 bits per heavy atom. The van der Waals surface area contributed by atoms with Gasteiger partial charge in [0.1, 0.15) is 0 Å². The highest BCUT2D eigenvalue weighted by Gasteiger charge is 2.34. The van der Waals surface area contributed by atoms with E-state index in [9.17, 15) is 14.4 Å². The van der Waals surface area contributed by atoms with Crippen LogP contribution in [-0.2, 0) is 11.3 Å². The second-order valence-electron chi connectivity index (χ2n) is 7.69. The van der Waals surface area contributed by atoms with Crippen molar-refractivity contribution < 1.29 is 14.4 Å². The van der Waals surface area contributed by atoms with E-state index in [2.05, 4.69) is 29.8 Å². The SMILES string of the molecule is Cc1cc(CNC(=O)CCCN2C(=O)c3ccccc3C2=O)c(C)n1C1CC1. The van der Waals surface area contributed by atoms with Crippen molar-refractivity contribution in [3.05, 3.63) is 58.4 Å². The summed E-state index contributed by atoms with van der Waals surface area (Å²) in [6.07, 6.45) is 3.22. The number of nitrogens with one attached hydrogen (secondary N) is 1. The van der Waals surface area contributed by atoms with E-state index in [1.807, 2.05) is 0 Å². The van der Waals surface area contributed by atoms with Gasteiger partial charge in [0, 0.05) is 36.9 Å². The van der Waals surface area contributed by atoms with E-state index in [0.29, 0.717) is 30.1 Å². The molecular formula is C22H25N3O3. The molecular weight excluding hydrogens is 354 g/mol. The highest BCUT2D eigenvalue weighted by Crippen LogP contribution is 2.38. The van der Waals surface area contributed by atoms with Crippen molar-refractivity contribution in [3.63, 3.8) is 0 Å². The summed E-state index contributed by atoms with van der Waals surface area (Å²) in [7, 11) is 0. The minimum absolute atomic E-state index is 0.0622. The standard InChI is InChI=1S/C22H25N3O3/c1-14-12-16(15(2)25(14)17-9-10-17)13-23-20(26)8-5-11-24-21(27)18-6-3-4-7-19(18)22(24)28/h3-4,6-7,12,17H,5,8-11,13H2,1-2H3,(H,23,26). The Balaban J connectivity index is 1.26. The monoisotopic (exact) mass is 379 g/mol. The van der Waals surface area contributed by atoms with E-state index >= 15 is 0 Å². The molecule has 0 saturated heterocycles. The lowest BCUT2D eigenvalue weighted by Gasteiger charge is -2.13. The smallest absolute Gasteiger partial charge is 0.261 e. The normalized spacial score (nSPS) is 15.9. The van der Waals surface area contributed by atoms with Crippen molar-refractivity contribution in [2.45, 2.75) is 52.1 Å². The van der Waals surface area contributed by atoms with Crippen LogP contribution >= 0.6 is 0 Å². The number of carbonyl (C=O) groups is 3. The molecule has 3 amide bonds. The molecule has 2 heterocycles. The minimum atomic E-state index is -0.270. The first kappa shape index (κ1) is 18.5. The van der Waals surface area contributed by atoms with E-state index in [1.54, 1.807) is 24.3 Å². The zero-order valence-corrected chi connectivity index (χ0v) is 16.3. The highest BCUT2D eigenvalue weighted by atomic mass is 16.2. The summed E-state index contributed by atoms with van der Waals surface area (Å²) >= 11 is 0. The van der Waals surface area contributed by atoms with Gasteiger partial charge < -0.3 is 9.88 Å². The predicted molar refractivity (Wildman–Crippen MR) is 105 cm³/mol. The summed E-state index contributed by atoms with van der Waals surface area (Å²) in [6, 6.07) is 9.61. The van der Waals surface area contributed by atoms with Crippen molar-refractivity contribution in [2.75, 3.05) is 6.54 Å². The van der Waals surface area contributed by atoms with E-state index < -0.39 is 0 Å². The molecule has 2 aromatic rings. The number of nitrogens with zero attached hydrogens (tertiary/aromatic N) is 2. The molecule has 0 spiro atoms. The van der Waals surface area contributed by atoms with Crippen molar-refractivity contribution >= 4 is 17.7 Å². The minimum Gasteiger partial charge on any atom is -0.352 e. The number of rotatable bonds is 7. The lowest BCUT2D eigenvalue weighted by Crippen LogP contribution is -2.32. The maximum atomic E-state index is 12.3. The van der Waals surface area contributed by atoms with Crippen LogP contribution in [0.5, 0.6) is 0 Å². The van der Waals surface area contributed by atoms with Crippen LogP contribution in [0.15, 0.2) is 30.3 Å². The van der Waals surface area contributed by atoms with Gasteiger partial charge in [-0.2, -0.15) is 0 Å². The van der Waals surface area contributed by atoms with E-state index in [-0.39, 0.29) is 30.7 Å². The third-order valence-electron chi connectivity index (χ3n) is 5.64. The topological polar surface area (TPSA) is 71.4 Å². The number of fused-ring (bicyclic) bond motifs is 1. The maximum Gasteiger partial charge on any atom is 0.261 e. The van der Waals surface area contributed by atoms with Crippen molar-refractivity contribution in [2.24, 2.45) is 0 Å².